The number of carbonyl (C=O) groups is 1. The van der Waals surface area contributed by atoms with Crippen LogP contribution in [0, 0.1) is 0 Å². The molecule has 0 spiro atoms. The first kappa shape index (κ1) is 11.1. The molecule has 5 N–H and O–H groups in total. The number of rotatable bonds is 4. The van der Waals surface area contributed by atoms with Crippen LogP contribution in [-0.4, -0.2) is 29.5 Å². The van der Waals surface area contributed by atoms with Crippen LogP contribution in [0.2, 0.25) is 0 Å². The maximum Gasteiger partial charge on any atom is 0.409 e. The van der Waals surface area contributed by atoms with Gasteiger partial charge in [0.25, 0.3) is 0 Å². The maximum atomic E-state index is 10.4. The molecule has 0 unspecified atom stereocenters. The third kappa shape index (κ3) is 3.35. The lowest BCUT2D eigenvalue weighted by Gasteiger charge is -2.10. The largest absolute Gasteiger partial charge is 0.489 e. The molecule has 0 bridgehead atoms. The van der Waals surface area contributed by atoms with Gasteiger partial charge in [0.05, 0.1) is 12.3 Å². The van der Waals surface area contributed by atoms with Gasteiger partial charge in [0.15, 0.2) is 0 Å². The van der Waals surface area contributed by atoms with Crippen LogP contribution in [0.5, 0.6) is 5.75 Å². The van der Waals surface area contributed by atoms with Crippen LogP contribution < -0.4 is 15.8 Å². The Bertz CT molecular complexity index is 354. The van der Waals surface area contributed by atoms with Crippen molar-refractivity contribution in [1.82, 2.24) is 0 Å². The van der Waals surface area contributed by atoms with Crippen molar-refractivity contribution in [2.24, 2.45) is 0 Å². The molecule has 0 atom stereocenters. The Labute approximate surface area is 86.3 Å². The Morgan fingerprint density at radius 2 is 2.27 bits per heavy atom. The van der Waals surface area contributed by atoms with Crippen molar-refractivity contribution >= 4 is 17.5 Å². The van der Waals surface area contributed by atoms with Gasteiger partial charge in [0, 0.05) is 5.69 Å². The van der Waals surface area contributed by atoms with Crippen molar-refractivity contribution in [3.05, 3.63) is 18.2 Å². The molecule has 82 valence electrons. The van der Waals surface area contributed by atoms with Gasteiger partial charge in [0.2, 0.25) is 0 Å². The second-order valence-corrected chi connectivity index (χ2v) is 2.76. The molecule has 0 saturated heterocycles. The molecular weight excluding hydrogens is 200 g/mol. The molecule has 0 aromatic heterocycles. The highest BCUT2D eigenvalue weighted by molar-refractivity contribution is 5.86. The van der Waals surface area contributed by atoms with Gasteiger partial charge in [-0.2, -0.15) is 0 Å². The normalized spacial score (nSPS) is 9.67. The number of aliphatic hydroxyl groups excluding tert-OH is 1. The summed E-state index contributed by atoms with van der Waals surface area (Å²) in [6, 6.07) is 4.57. The average Bonchev–Trinajstić information content (AvgIpc) is 2.16. The van der Waals surface area contributed by atoms with Crippen LogP contribution in [-0.2, 0) is 0 Å². The van der Waals surface area contributed by atoms with E-state index in [4.69, 9.17) is 20.7 Å². The van der Waals surface area contributed by atoms with Crippen LogP contribution in [0.15, 0.2) is 18.2 Å². The number of anilines is 2. The van der Waals surface area contributed by atoms with Crippen LogP contribution in [0.25, 0.3) is 0 Å². The molecule has 1 rings (SSSR count). The molecule has 0 saturated carbocycles. The Kier molecular flexibility index (Phi) is 3.75. The van der Waals surface area contributed by atoms with Gasteiger partial charge in [-0.3, -0.25) is 5.32 Å². The lowest BCUT2D eigenvalue weighted by molar-refractivity contribution is 0.201. The first-order valence-corrected chi connectivity index (χ1v) is 4.26. The molecule has 1 amide bonds. The van der Waals surface area contributed by atoms with Crippen molar-refractivity contribution in [3.8, 4) is 5.75 Å². The van der Waals surface area contributed by atoms with E-state index in [0.717, 1.165) is 0 Å². The Morgan fingerprint density at radius 1 is 1.53 bits per heavy atom. The first-order valence-electron chi connectivity index (χ1n) is 4.26. The van der Waals surface area contributed by atoms with Gasteiger partial charge in [-0.25, -0.2) is 4.79 Å². The second-order valence-electron chi connectivity index (χ2n) is 2.76. The predicted octanol–water partition coefficient (Wildman–Crippen LogP) is 0.730. The smallest absolute Gasteiger partial charge is 0.409 e. The van der Waals surface area contributed by atoms with Crippen LogP contribution in [0.4, 0.5) is 16.2 Å². The third-order valence-electron chi connectivity index (χ3n) is 1.59. The van der Waals surface area contributed by atoms with E-state index in [0.29, 0.717) is 11.4 Å². The van der Waals surface area contributed by atoms with Crippen LogP contribution in [0.3, 0.4) is 0 Å². The monoisotopic (exact) mass is 212 g/mol. The summed E-state index contributed by atoms with van der Waals surface area (Å²) in [6.45, 7) is -0.0465. The molecule has 6 nitrogen and oxygen atoms in total. The summed E-state index contributed by atoms with van der Waals surface area (Å²) in [7, 11) is 0. The predicted molar refractivity (Wildman–Crippen MR) is 55.1 cm³/mol. The van der Waals surface area contributed by atoms with Gasteiger partial charge in [-0.15, -0.1) is 0 Å². The molecule has 0 aliphatic rings. The fraction of sp³-hybridized carbons (Fsp3) is 0.222. The van der Waals surface area contributed by atoms with E-state index in [9.17, 15) is 4.79 Å². The number of carboxylic acid groups (broad SMARTS) is 1. The van der Waals surface area contributed by atoms with Gasteiger partial charge < -0.3 is 20.7 Å². The van der Waals surface area contributed by atoms with Gasteiger partial charge in [0.1, 0.15) is 12.4 Å². The summed E-state index contributed by atoms with van der Waals surface area (Å²) in [4.78, 5) is 10.4. The molecule has 0 fully saturated rings. The summed E-state index contributed by atoms with van der Waals surface area (Å²) >= 11 is 0. The van der Waals surface area contributed by atoms with Crippen molar-refractivity contribution < 1.29 is 19.7 Å². The zero-order valence-electron chi connectivity index (χ0n) is 7.93. The number of hydrogen-bond acceptors (Lipinski definition) is 4. The molecule has 1 aromatic rings. The molecule has 6 heteroatoms. The minimum atomic E-state index is -1.20. The number of benzene rings is 1. The Morgan fingerprint density at radius 3 is 2.87 bits per heavy atom. The van der Waals surface area contributed by atoms with Crippen molar-refractivity contribution in [2.45, 2.75) is 0 Å². The van der Waals surface area contributed by atoms with Gasteiger partial charge in [-0.1, -0.05) is 0 Å². The average molecular weight is 212 g/mol. The lowest BCUT2D eigenvalue weighted by Crippen LogP contribution is -2.10. The number of hydrogen-bond donors (Lipinski definition) is 4. The summed E-state index contributed by atoms with van der Waals surface area (Å²) in [5.41, 5.74) is 6.18. The summed E-state index contributed by atoms with van der Waals surface area (Å²) in [6.07, 6.45) is -1.20. The Balaban J connectivity index is 2.87. The van der Waals surface area contributed by atoms with Gasteiger partial charge in [-0.05, 0) is 18.2 Å². The highest BCUT2D eigenvalue weighted by atomic mass is 16.5. The number of ether oxygens (including phenoxy) is 1. The summed E-state index contributed by atoms with van der Waals surface area (Å²) in [5, 5.41) is 19.3. The topological polar surface area (TPSA) is 105 Å². The van der Waals surface area contributed by atoms with E-state index in [1.165, 1.54) is 12.1 Å². The fourth-order valence-corrected chi connectivity index (χ4v) is 1.04. The molecular formula is C9H12N2O4. The molecule has 0 radical (unpaired) electrons. The fourth-order valence-electron chi connectivity index (χ4n) is 1.04. The minimum Gasteiger partial charge on any atom is -0.489 e. The maximum absolute atomic E-state index is 10.4. The first-order chi connectivity index (χ1) is 7.13. The van der Waals surface area contributed by atoms with Crippen LogP contribution in [0.1, 0.15) is 0 Å². The minimum absolute atomic E-state index is 0.0955. The van der Waals surface area contributed by atoms with Gasteiger partial charge >= 0.3 is 6.09 Å². The van der Waals surface area contributed by atoms with E-state index >= 15 is 0 Å². The molecule has 0 aliphatic heterocycles. The summed E-state index contributed by atoms with van der Waals surface area (Å²) < 4.78 is 5.11. The number of nitrogens with two attached hydrogens (primary N) is 1. The highest BCUT2D eigenvalue weighted by Crippen LogP contribution is 2.26. The van der Waals surface area contributed by atoms with E-state index < -0.39 is 6.09 Å². The molecule has 0 heterocycles. The standard InChI is InChI=1S/C9H12N2O4/c10-6-1-2-8(15-4-3-12)7(5-6)11-9(13)14/h1-2,5,11-12H,3-4,10H2,(H,13,14). The van der Waals surface area contributed by atoms with Crippen molar-refractivity contribution in [3.63, 3.8) is 0 Å². The summed E-state index contributed by atoms with van der Waals surface area (Å²) in [5.74, 6) is 0.334. The highest BCUT2D eigenvalue weighted by Gasteiger charge is 2.06. The lowest BCUT2D eigenvalue weighted by atomic mass is 10.2. The zero-order chi connectivity index (χ0) is 11.3. The van der Waals surface area contributed by atoms with Crippen LogP contribution >= 0.6 is 0 Å². The number of nitrogen functional groups attached to an aromatic ring is 1. The zero-order valence-corrected chi connectivity index (χ0v) is 7.93. The number of aliphatic hydroxyl groups is 1. The van der Waals surface area contributed by atoms with E-state index in [1.54, 1.807) is 6.07 Å². The molecule has 1 aromatic carbocycles. The number of amides is 1. The Hall–Kier alpha value is -1.95. The van der Waals surface area contributed by atoms with E-state index in [1.807, 2.05) is 0 Å². The molecule has 0 aliphatic carbocycles. The molecule has 15 heavy (non-hydrogen) atoms. The van der Waals surface area contributed by atoms with Crippen molar-refractivity contribution in [2.75, 3.05) is 24.3 Å². The SMILES string of the molecule is Nc1ccc(OCCO)c(NC(=O)O)c1. The van der Waals surface area contributed by atoms with E-state index in [2.05, 4.69) is 5.32 Å². The third-order valence-corrected chi connectivity index (χ3v) is 1.59. The second kappa shape index (κ2) is 5.06. The quantitative estimate of drug-likeness (QED) is 0.551. The number of nitrogens with one attached hydrogen (secondary N) is 1. The van der Waals surface area contributed by atoms with E-state index in [-0.39, 0.29) is 18.9 Å². The van der Waals surface area contributed by atoms with Crippen molar-refractivity contribution in [1.29, 1.82) is 0 Å².